The number of esters is 1. The molecule has 0 heterocycles. The van der Waals surface area contributed by atoms with Crippen molar-refractivity contribution < 1.29 is 14.3 Å². The molecule has 0 saturated carbocycles. The van der Waals surface area contributed by atoms with Gasteiger partial charge in [0.15, 0.2) is 0 Å². The van der Waals surface area contributed by atoms with E-state index in [0.29, 0.717) is 11.3 Å². The third-order valence-corrected chi connectivity index (χ3v) is 1.83. The third kappa shape index (κ3) is 3.13. The Labute approximate surface area is 89.3 Å². The molecular weight excluding hydrogens is 192 g/mol. The van der Waals surface area contributed by atoms with Gasteiger partial charge < -0.3 is 9.47 Å². The van der Waals surface area contributed by atoms with E-state index in [-0.39, 0.29) is 0 Å². The van der Waals surface area contributed by atoms with Gasteiger partial charge in [-0.1, -0.05) is 19.1 Å². The predicted octanol–water partition coefficient (Wildman–Crippen LogP) is 2.78. The van der Waals surface area contributed by atoms with Gasteiger partial charge in [0.1, 0.15) is 11.3 Å². The van der Waals surface area contributed by atoms with E-state index in [1.807, 2.05) is 6.92 Å². The van der Waals surface area contributed by atoms with Crippen LogP contribution < -0.4 is 4.74 Å². The van der Waals surface area contributed by atoms with E-state index in [4.69, 9.17) is 9.47 Å². The summed E-state index contributed by atoms with van der Waals surface area (Å²) in [6.45, 7) is 1.97. The van der Waals surface area contributed by atoms with Crippen molar-refractivity contribution in [2.45, 2.75) is 13.3 Å². The lowest BCUT2D eigenvalue weighted by atomic mass is 10.2. The van der Waals surface area contributed by atoms with Gasteiger partial charge in [0.05, 0.1) is 13.4 Å². The molecule has 0 fully saturated rings. The summed E-state index contributed by atoms with van der Waals surface area (Å²) >= 11 is 0. The van der Waals surface area contributed by atoms with Crippen LogP contribution in [0, 0.1) is 0 Å². The molecule has 3 heteroatoms. The summed E-state index contributed by atoms with van der Waals surface area (Å²) in [5.74, 6) is 0.115. The van der Waals surface area contributed by atoms with Crippen LogP contribution in [0.25, 0.3) is 0 Å². The number of rotatable bonds is 4. The van der Waals surface area contributed by atoms with Crippen LogP contribution >= 0.6 is 0 Å². The Kier molecular flexibility index (Phi) is 4.41. The van der Waals surface area contributed by atoms with Crippen molar-refractivity contribution in [1.82, 2.24) is 0 Å². The number of carbonyl (C=O) groups is 1. The van der Waals surface area contributed by atoms with E-state index in [9.17, 15) is 4.79 Å². The Balaban J connectivity index is 2.77. The summed E-state index contributed by atoms with van der Waals surface area (Å²) < 4.78 is 9.96. The fourth-order valence-electron chi connectivity index (χ4n) is 1.08. The molecule has 0 aliphatic carbocycles. The Hall–Kier alpha value is -1.77. The number of ether oxygens (including phenoxy) is 2. The van der Waals surface area contributed by atoms with Gasteiger partial charge in [-0.25, -0.2) is 4.79 Å². The molecule has 0 N–H and O–H groups in total. The molecule has 0 atom stereocenters. The molecule has 0 aromatic heterocycles. The second kappa shape index (κ2) is 5.86. The van der Waals surface area contributed by atoms with Crippen molar-refractivity contribution in [3.05, 3.63) is 42.2 Å². The van der Waals surface area contributed by atoms with Gasteiger partial charge >= 0.3 is 5.97 Å². The molecule has 0 bridgehead atoms. The van der Waals surface area contributed by atoms with Gasteiger partial charge in [-0.05, 0) is 24.6 Å². The zero-order valence-electron chi connectivity index (χ0n) is 8.90. The summed E-state index contributed by atoms with van der Waals surface area (Å²) in [6.07, 6.45) is 4.00. The maximum Gasteiger partial charge on any atom is 0.346 e. The maximum absolute atomic E-state index is 11.5. The van der Waals surface area contributed by atoms with E-state index >= 15 is 0 Å². The largest absolute Gasteiger partial charge is 0.496 e. The molecule has 15 heavy (non-hydrogen) atoms. The highest BCUT2D eigenvalue weighted by Gasteiger charge is 2.11. The topological polar surface area (TPSA) is 35.5 Å². The van der Waals surface area contributed by atoms with E-state index in [0.717, 1.165) is 6.42 Å². The van der Waals surface area contributed by atoms with E-state index < -0.39 is 5.97 Å². The molecule has 1 rings (SSSR count). The van der Waals surface area contributed by atoms with Crippen LogP contribution in [-0.4, -0.2) is 13.1 Å². The molecule has 0 aliphatic heterocycles. The zero-order chi connectivity index (χ0) is 11.1. The van der Waals surface area contributed by atoms with Gasteiger partial charge in [0.25, 0.3) is 0 Å². The Morgan fingerprint density at radius 2 is 2.13 bits per heavy atom. The number of benzene rings is 1. The molecule has 0 radical (unpaired) electrons. The van der Waals surface area contributed by atoms with Crippen molar-refractivity contribution in [3.63, 3.8) is 0 Å². The lowest BCUT2D eigenvalue weighted by Gasteiger charge is -2.05. The number of carbonyl (C=O) groups excluding carboxylic acids is 1. The lowest BCUT2D eigenvalue weighted by molar-refractivity contribution is 0.0659. The summed E-state index contributed by atoms with van der Waals surface area (Å²) in [5.41, 5.74) is 0.431. The molecule has 1 aromatic carbocycles. The normalized spacial score (nSPS) is 10.3. The summed E-state index contributed by atoms with van der Waals surface area (Å²) in [5, 5.41) is 0. The van der Waals surface area contributed by atoms with Crippen molar-refractivity contribution in [1.29, 1.82) is 0 Å². The predicted molar refractivity (Wildman–Crippen MR) is 57.8 cm³/mol. The quantitative estimate of drug-likeness (QED) is 0.561. The van der Waals surface area contributed by atoms with E-state index in [1.165, 1.54) is 13.4 Å². The molecule has 80 valence electrons. The summed E-state index contributed by atoms with van der Waals surface area (Å²) in [6, 6.07) is 6.96. The van der Waals surface area contributed by atoms with E-state index in [2.05, 4.69) is 0 Å². The molecule has 1 aromatic rings. The van der Waals surface area contributed by atoms with Gasteiger partial charge in [-0.3, -0.25) is 0 Å². The first kappa shape index (κ1) is 11.3. The van der Waals surface area contributed by atoms with Crippen LogP contribution in [-0.2, 0) is 4.74 Å². The zero-order valence-corrected chi connectivity index (χ0v) is 8.90. The Morgan fingerprint density at radius 1 is 1.40 bits per heavy atom. The first-order chi connectivity index (χ1) is 7.29. The van der Waals surface area contributed by atoms with Gasteiger partial charge in [-0.15, -0.1) is 0 Å². The number of methoxy groups -OCH3 is 1. The van der Waals surface area contributed by atoms with Crippen LogP contribution in [0.4, 0.5) is 0 Å². The molecule has 0 spiro atoms. The molecule has 0 aliphatic rings. The average Bonchev–Trinajstić information content (AvgIpc) is 2.29. The van der Waals surface area contributed by atoms with Crippen LogP contribution in [0.1, 0.15) is 23.7 Å². The lowest BCUT2D eigenvalue weighted by Crippen LogP contribution is -2.03. The minimum Gasteiger partial charge on any atom is -0.496 e. The molecule has 0 amide bonds. The highest BCUT2D eigenvalue weighted by atomic mass is 16.5. The Bertz CT molecular complexity index is 356. The fraction of sp³-hybridized carbons (Fsp3) is 0.250. The van der Waals surface area contributed by atoms with Crippen LogP contribution in [0.5, 0.6) is 5.75 Å². The maximum atomic E-state index is 11.5. The standard InChI is InChI=1S/C12H14O3/c1-3-4-9-15-12(13)10-7-5-6-8-11(10)14-2/h4-9H,3H2,1-2H3. The Morgan fingerprint density at radius 3 is 2.80 bits per heavy atom. The SMILES string of the molecule is CCC=COC(=O)c1ccccc1OC. The second-order valence-electron chi connectivity index (χ2n) is 2.89. The molecule has 3 nitrogen and oxygen atoms in total. The second-order valence-corrected chi connectivity index (χ2v) is 2.89. The van der Waals surface area contributed by atoms with Crippen LogP contribution in [0.2, 0.25) is 0 Å². The summed E-state index contributed by atoms with van der Waals surface area (Å²) in [4.78, 5) is 11.5. The first-order valence-corrected chi connectivity index (χ1v) is 4.78. The van der Waals surface area contributed by atoms with Gasteiger partial charge in [0, 0.05) is 0 Å². The van der Waals surface area contributed by atoms with Crippen molar-refractivity contribution >= 4 is 5.97 Å². The molecular formula is C12H14O3. The third-order valence-electron chi connectivity index (χ3n) is 1.83. The van der Waals surface area contributed by atoms with Crippen LogP contribution in [0.3, 0.4) is 0 Å². The highest BCUT2D eigenvalue weighted by molar-refractivity contribution is 5.92. The first-order valence-electron chi connectivity index (χ1n) is 4.78. The molecule has 0 saturated heterocycles. The molecule has 0 unspecified atom stereocenters. The van der Waals surface area contributed by atoms with Crippen molar-refractivity contribution in [3.8, 4) is 5.75 Å². The fourth-order valence-corrected chi connectivity index (χ4v) is 1.08. The highest BCUT2D eigenvalue weighted by Crippen LogP contribution is 2.18. The minimum atomic E-state index is -0.405. The number of hydrogen-bond acceptors (Lipinski definition) is 3. The number of allylic oxidation sites excluding steroid dienone is 1. The van der Waals surface area contributed by atoms with Crippen molar-refractivity contribution in [2.75, 3.05) is 7.11 Å². The monoisotopic (exact) mass is 206 g/mol. The van der Waals surface area contributed by atoms with Gasteiger partial charge in [-0.2, -0.15) is 0 Å². The van der Waals surface area contributed by atoms with Crippen LogP contribution in [0.15, 0.2) is 36.6 Å². The average molecular weight is 206 g/mol. The van der Waals surface area contributed by atoms with Crippen molar-refractivity contribution in [2.24, 2.45) is 0 Å². The number of hydrogen-bond donors (Lipinski definition) is 0. The number of para-hydroxylation sites is 1. The summed E-state index contributed by atoms with van der Waals surface area (Å²) in [7, 11) is 1.52. The minimum absolute atomic E-state index is 0.405. The van der Waals surface area contributed by atoms with Gasteiger partial charge in [0.2, 0.25) is 0 Å². The smallest absolute Gasteiger partial charge is 0.346 e. The van der Waals surface area contributed by atoms with E-state index in [1.54, 1.807) is 30.3 Å².